The highest BCUT2D eigenvalue weighted by molar-refractivity contribution is 6.16. The minimum absolute atomic E-state index is 0.0622. The molecule has 28 heavy (non-hydrogen) atoms. The fraction of sp³-hybridized carbons (Fsp3) is 0.550. The number of esters is 2. The number of rotatable bonds is 6. The largest absolute Gasteiger partial charge is 0.496 e. The lowest BCUT2D eigenvalue weighted by atomic mass is 9.66. The fourth-order valence-electron chi connectivity index (χ4n) is 3.93. The molecule has 1 aliphatic rings. The van der Waals surface area contributed by atoms with Gasteiger partial charge in [0.15, 0.2) is 17.3 Å². The molecule has 154 valence electrons. The van der Waals surface area contributed by atoms with E-state index in [1.807, 2.05) is 0 Å². The quantitative estimate of drug-likeness (QED) is 0.537. The summed E-state index contributed by atoms with van der Waals surface area (Å²) in [6.45, 7) is 4.69. The predicted molar refractivity (Wildman–Crippen MR) is 99.0 cm³/mol. The van der Waals surface area contributed by atoms with Gasteiger partial charge in [0.2, 0.25) is 0 Å². The van der Waals surface area contributed by atoms with Crippen molar-refractivity contribution in [2.24, 2.45) is 5.41 Å². The molecule has 0 saturated heterocycles. The van der Waals surface area contributed by atoms with Crippen LogP contribution in [-0.4, -0.2) is 46.2 Å². The van der Waals surface area contributed by atoms with Gasteiger partial charge >= 0.3 is 11.9 Å². The number of hydrogen-bond acceptors (Lipinski definition) is 8. The van der Waals surface area contributed by atoms with E-state index >= 15 is 0 Å². The molecule has 8 heteroatoms. The molecule has 0 heterocycles. The third kappa shape index (κ3) is 3.06. The van der Waals surface area contributed by atoms with Crippen LogP contribution in [-0.2, 0) is 19.1 Å². The number of ether oxygens (including phenoxy) is 5. The summed E-state index contributed by atoms with van der Waals surface area (Å²) < 4.78 is 26.9. The van der Waals surface area contributed by atoms with Crippen molar-refractivity contribution in [3.05, 3.63) is 16.7 Å². The van der Waals surface area contributed by atoms with Crippen molar-refractivity contribution in [2.75, 3.05) is 28.4 Å². The molecule has 8 nitrogen and oxygen atoms in total. The van der Waals surface area contributed by atoms with Crippen molar-refractivity contribution in [1.82, 2.24) is 0 Å². The monoisotopic (exact) mass is 394 g/mol. The minimum Gasteiger partial charge on any atom is -0.496 e. The Hall–Kier alpha value is -2.77. The molecule has 0 N–H and O–H groups in total. The Morgan fingerprint density at radius 3 is 2.04 bits per heavy atom. The summed E-state index contributed by atoms with van der Waals surface area (Å²) in [5.41, 5.74) is -0.494. The van der Waals surface area contributed by atoms with E-state index in [-0.39, 0.29) is 29.9 Å². The van der Waals surface area contributed by atoms with Crippen molar-refractivity contribution >= 4 is 17.7 Å². The van der Waals surface area contributed by atoms with E-state index in [2.05, 4.69) is 0 Å². The molecule has 0 amide bonds. The second-order valence-electron chi connectivity index (χ2n) is 6.57. The summed E-state index contributed by atoms with van der Waals surface area (Å²) in [5, 5.41) is 0. The van der Waals surface area contributed by atoms with Crippen LogP contribution in [0.15, 0.2) is 0 Å². The van der Waals surface area contributed by atoms with Crippen molar-refractivity contribution in [2.45, 2.75) is 39.7 Å². The Morgan fingerprint density at radius 2 is 1.61 bits per heavy atom. The zero-order chi connectivity index (χ0) is 21.2. The van der Waals surface area contributed by atoms with Gasteiger partial charge in [0.25, 0.3) is 0 Å². The van der Waals surface area contributed by atoms with Gasteiger partial charge in [-0.05, 0) is 13.3 Å². The molecule has 1 unspecified atom stereocenters. The Morgan fingerprint density at radius 1 is 1.04 bits per heavy atom. The van der Waals surface area contributed by atoms with Crippen molar-refractivity contribution in [1.29, 1.82) is 0 Å². The van der Waals surface area contributed by atoms with E-state index in [1.54, 1.807) is 13.8 Å². The summed E-state index contributed by atoms with van der Waals surface area (Å²) in [6.07, 6.45) is -0.804. The number of Topliss-reactive ketones (excluding diaryl/α,β-unsaturated/α-hetero) is 1. The number of hydrogen-bond donors (Lipinski definition) is 0. The van der Waals surface area contributed by atoms with Crippen molar-refractivity contribution < 1.29 is 38.1 Å². The molecular weight excluding hydrogens is 368 g/mol. The van der Waals surface area contributed by atoms with Gasteiger partial charge in [-0.1, -0.05) is 6.92 Å². The van der Waals surface area contributed by atoms with Crippen LogP contribution in [0, 0.1) is 12.3 Å². The Bertz CT molecular complexity index is 813. The van der Waals surface area contributed by atoms with Crippen molar-refractivity contribution in [3.63, 3.8) is 0 Å². The molecule has 2 atom stereocenters. The average Bonchev–Trinajstić information content (AvgIpc) is 2.68. The highest BCUT2D eigenvalue weighted by Gasteiger charge is 2.55. The van der Waals surface area contributed by atoms with Gasteiger partial charge < -0.3 is 23.7 Å². The van der Waals surface area contributed by atoms with Gasteiger partial charge in [0, 0.05) is 18.9 Å². The van der Waals surface area contributed by atoms with Gasteiger partial charge in [0.05, 0.1) is 39.6 Å². The normalized spacial score (nSPS) is 20.8. The Balaban J connectivity index is 2.97. The summed E-state index contributed by atoms with van der Waals surface area (Å²) in [4.78, 5) is 38.0. The third-order valence-electron chi connectivity index (χ3n) is 5.25. The second-order valence-corrected chi connectivity index (χ2v) is 6.57. The van der Waals surface area contributed by atoms with Gasteiger partial charge in [0.1, 0.15) is 17.3 Å². The first-order valence-electron chi connectivity index (χ1n) is 8.86. The smallest absolute Gasteiger partial charge is 0.319 e. The Labute approximate surface area is 164 Å². The second kappa shape index (κ2) is 8.08. The van der Waals surface area contributed by atoms with Crippen LogP contribution in [0.4, 0.5) is 0 Å². The van der Waals surface area contributed by atoms with Gasteiger partial charge in [-0.2, -0.15) is 0 Å². The molecule has 2 rings (SSSR count). The number of methoxy groups -OCH3 is 4. The van der Waals surface area contributed by atoms with E-state index in [0.29, 0.717) is 16.9 Å². The number of carbonyl (C=O) groups excluding carboxylic acids is 3. The first-order chi connectivity index (χ1) is 13.2. The van der Waals surface area contributed by atoms with Gasteiger partial charge in [-0.25, -0.2) is 0 Å². The minimum atomic E-state index is -1.50. The maximum Gasteiger partial charge on any atom is 0.319 e. The van der Waals surface area contributed by atoms with E-state index in [0.717, 1.165) is 0 Å². The first kappa shape index (κ1) is 21.5. The summed E-state index contributed by atoms with van der Waals surface area (Å²) in [6, 6.07) is 0. The van der Waals surface area contributed by atoms with Gasteiger partial charge in [-0.3, -0.25) is 14.4 Å². The molecule has 0 fully saturated rings. The summed E-state index contributed by atoms with van der Waals surface area (Å²) in [5.74, 6) is -0.814. The number of benzene rings is 1. The molecule has 0 aromatic heterocycles. The van der Waals surface area contributed by atoms with Crippen LogP contribution in [0.1, 0.15) is 54.3 Å². The molecule has 1 aromatic rings. The third-order valence-corrected chi connectivity index (χ3v) is 5.25. The molecule has 0 spiro atoms. The number of ketones is 1. The molecule has 0 bridgehead atoms. The summed E-state index contributed by atoms with van der Waals surface area (Å²) >= 11 is 0. The molecule has 0 saturated carbocycles. The predicted octanol–water partition coefficient (Wildman–Crippen LogP) is 2.78. The maximum absolute atomic E-state index is 13.6. The zero-order valence-electron chi connectivity index (χ0n) is 17.3. The van der Waals surface area contributed by atoms with Crippen LogP contribution in [0.3, 0.4) is 0 Å². The van der Waals surface area contributed by atoms with Crippen LogP contribution in [0.25, 0.3) is 0 Å². The van der Waals surface area contributed by atoms with E-state index < -0.39 is 29.2 Å². The molecule has 0 aliphatic heterocycles. The van der Waals surface area contributed by atoms with Crippen LogP contribution in [0.2, 0.25) is 0 Å². The highest BCUT2D eigenvalue weighted by atomic mass is 16.5. The van der Waals surface area contributed by atoms with E-state index in [9.17, 15) is 14.4 Å². The van der Waals surface area contributed by atoms with Crippen LogP contribution >= 0.6 is 0 Å². The molecule has 1 aliphatic carbocycles. The van der Waals surface area contributed by atoms with Gasteiger partial charge in [-0.15, -0.1) is 0 Å². The lowest BCUT2D eigenvalue weighted by Crippen LogP contribution is -2.45. The molecule has 1 aromatic carbocycles. The van der Waals surface area contributed by atoms with Crippen LogP contribution < -0.4 is 14.2 Å². The molecule has 0 radical (unpaired) electrons. The summed E-state index contributed by atoms with van der Waals surface area (Å²) in [7, 11) is 5.54. The van der Waals surface area contributed by atoms with Crippen LogP contribution in [0.5, 0.6) is 17.2 Å². The Kier molecular flexibility index (Phi) is 6.21. The topological polar surface area (TPSA) is 97.4 Å². The zero-order valence-corrected chi connectivity index (χ0v) is 17.3. The number of carbonyl (C=O) groups is 3. The lowest BCUT2D eigenvalue weighted by Gasteiger charge is -2.39. The fourth-order valence-corrected chi connectivity index (χ4v) is 3.93. The van der Waals surface area contributed by atoms with Crippen molar-refractivity contribution in [3.8, 4) is 17.2 Å². The average molecular weight is 394 g/mol. The first-order valence-corrected chi connectivity index (χ1v) is 8.86. The standard InChI is InChI=1S/C20H26O8/c1-8-20(19(23)27-7)9-12(28-11(3)21)13-14(18(20)22)15(24-4)10(2)16(25-5)17(13)26-6/h12H,8-9H2,1-7H3/t12?,20-/m1/s1. The lowest BCUT2D eigenvalue weighted by molar-refractivity contribution is -0.158. The maximum atomic E-state index is 13.6. The number of fused-ring (bicyclic) bond motifs is 1. The SMILES string of the molecule is CC[C@@]1(C(=O)OC)CC(OC(C)=O)c2c(OC)c(OC)c(C)c(OC)c2C1=O. The molecular formula is C20H26O8. The highest BCUT2D eigenvalue weighted by Crippen LogP contribution is 2.55. The van der Waals surface area contributed by atoms with E-state index in [4.69, 9.17) is 23.7 Å². The van der Waals surface area contributed by atoms with E-state index in [1.165, 1.54) is 35.4 Å².